The van der Waals surface area contributed by atoms with Crippen molar-refractivity contribution in [2.45, 2.75) is 39.8 Å². The summed E-state index contributed by atoms with van der Waals surface area (Å²) >= 11 is 3.61. The molecule has 0 unspecified atom stereocenters. The topological polar surface area (TPSA) is 59.2 Å². The summed E-state index contributed by atoms with van der Waals surface area (Å²) in [5, 5.41) is 3.47. The maximum Gasteiger partial charge on any atom is 0.175 e. The minimum atomic E-state index is 0.0910. The van der Waals surface area contributed by atoms with Crippen molar-refractivity contribution < 1.29 is 9.47 Å². The molecule has 0 radical (unpaired) electrons. The summed E-state index contributed by atoms with van der Waals surface area (Å²) in [6.07, 6.45) is 0.941. The van der Waals surface area contributed by atoms with E-state index in [2.05, 4.69) is 37.3 Å². The Balaban J connectivity index is 1.59. The summed E-state index contributed by atoms with van der Waals surface area (Å²) in [4.78, 5) is 7.97. The smallest absolute Gasteiger partial charge is 0.175 e. The van der Waals surface area contributed by atoms with Crippen molar-refractivity contribution >= 4 is 27.0 Å². The lowest BCUT2D eigenvalue weighted by Crippen LogP contribution is -2.17. The van der Waals surface area contributed by atoms with Crippen LogP contribution in [-0.2, 0) is 13.0 Å². The average Bonchev–Trinajstić information content (AvgIpc) is 3.04. The molecule has 0 aliphatic carbocycles. The number of H-pyrrole nitrogens is 1. The van der Waals surface area contributed by atoms with Crippen LogP contribution in [0, 0.1) is 0 Å². The fraction of sp³-hybridized carbons (Fsp3) is 0.381. The molecule has 3 aromatic rings. The molecule has 0 atom stereocenters. The molecule has 1 aromatic heterocycles. The highest BCUT2D eigenvalue weighted by Gasteiger charge is 2.13. The highest BCUT2D eigenvalue weighted by Crippen LogP contribution is 2.37. The van der Waals surface area contributed by atoms with E-state index in [-0.39, 0.29) is 6.10 Å². The number of hydrogen-bond acceptors (Lipinski definition) is 4. The van der Waals surface area contributed by atoms with Gasteiger partial charge in [-0.25, -0.2) is 4.98 Å². The van der Waals surface area contributed by atoms with Gasteiger partial charge in [-0.1, -0.05) is 12.1 Å². The fourth-order valence-electron chi connectivity index (χ4n) is 2.90. The second-order valence-corrected chi connectivity index (χ2v) is 7.49. The van der Waals surface area contributed by atoms with E-state index in [1.165, 1.54) is 0 Å². The second-order valence-electron chi connectivity index (χ2n) is 6.63. The van der Waals surface area contributed by atoms with Gasteiger partial charge in [0.2, 0.25) is 0 Å². The number of aromatic amines is 1. The van der Waals surface area contributed by atoms with Crippen LogP contribution in [0.3, 0.4) is 0 Å². The van der Waals surface area contributed by atoms with Gasteiger partial charge in [0, 0.05) is 19.5 Å². The summed E-state index contributed by atoms with van der Waals surface area (Å²) in [6.45, 7) is 8.19. The number of nitrogens with one attached hydrogen (secondary N) is 2. The molecular weight excluding hydrogens is 406 g/mol. The molecule has 0 bridgehead atoms. The lowest BCUT2D eigenvalue weighted by atomic mass is 10.2. The number of halogens is 1. The Morgan fingerprint density at radius 1 is 1.22 bits per heavy atom. The Morgan fingerprint density at radius 3 is 2.78 bits per heavy atom. The molecular formula is C21H26BrN3O2. The zero-order valence-electron chi connectivity index (χ0n) is 16.0. The minimum Gasteiger partial charge on any atom is -0.490 e. The van der Waals surface area contributed by atoms with E-state index in [0.29, 0.717) is 6.61 Å². The Kier molecular flexibility index (Phi) is 6.74. The van der Waals surface area contributed by atoms with Gasteiger partial charge in [-0.15, -0.1) is 0 Å². The van der Waals surface area contributed by atoms with Crippen molar-refractivity contribution in [1.82, 2.24) is 15.3 Å². The lowest BCUT2D eigenvalue weighted by Gasteiger charge is -2.17. The molecule has 5 nitrogen and oxygen atoms in total. The van der Waals surface area contributed by atoms with Crippen LogP contribution in [0.1, 0.15) is 32.2 Å². The van der Waals surface area contributed by atoms with Gasteiger partial charge in [-0.3, -0.25) is 0 Å². The van der Waals surface area contributed by atoms with E-state index in [1.54, 1.807) is 0 Å². The summed E-state index contributed by atoms with van der Waals surface area (Å²) < 4.78 is 12.6. The first-order chi connectivity index (χ1) is 13.1. The number of ether oxygens (including phenoxy) is 2. The molecule has 0 saturated heterocycles. The lowest BCUT2D eigenvalue weighted by molar-refractivity contribution is 0.222. The van der Waals surface area contributed by atoms with Crippen molar-refractivity contribution in [2.75, 3.05) is 13.2 Å². The summed E-state index contributed by atoms with van der Waals surface area (Å²) in [5.41, 5.74) is 3.24. The highest BCUT2D eigenvalue weighted by atomic mass is 79.9. The first-order valence-corrected chi connectivity index (χ1v) is 10.1. The van der Waals surface area contributed by atoms with Crippen LogP contribution >= 0.6 is 15.9 Å². The summed E-state index contributed by atoms with van der Waals surface area (Å²) in [5.74, 6) is 2.54. The molecule has 2 N–H and O–H groups in total. The van der Waals surface area contributed by atoms with Crippen LogP contribution in [0.5, 0.6) is 11.5 Å². The van der Waals surface area contributed by atoms with Crippen molar-refractivity contribution in [3.8, 4) is 11.5 Å². The van der Waals surface area contributed by atoms with Crippen LogP contribution in [0.4, 0.5) is 0 Å². The van der Waals surface area contributed by atoms with Crippen LogP contribution in [-0.4, -0.2) is 29.2 Å². The maximum atomic E-state index is 5.89. The number of rotatable bonds is 9. The number of imidazole rings is 1. The predicted octanol–water partition coefficient (Wildman–Crippen LogP) is 4.84. The average molecular weight is 432 g/mol. The van der Waals surface area contributed by atoms with Crippen LogP contribution in [0.2, 0.25) is 0 Å². The van der Waals surface area contributed by atoms with Crippen LogP contribution in [0.15, 0.2) is 40.9 Å². The molecule has 0 aliphatic rings. The van der Waals surface area contributed by atoms with E-state index in [0.717, 1.165) is 57.9 Å². The highest BCUT2D eigenvalue weighted by molar-refractivity contribution is 9.10. The van der Waals surface area contributed by atoms with Gasteiger partial charge >= 0.3 is 0 Å². The number of fused-ring (bicyclic) bond motifs is 1. The van der Waals surface area contributed by atoms with Crippen molar-refractivity contribution in [3.63, 3.8) is 0 Å². The van der Waals surface area contributed by atoms with Gasteiger partial charge in [0.05, 0.1) is 28.2 Å². The zero-order chi connectivity index (χ0) is 19.2. The maximum absolute atomic E-state index is 5.89. The largest absolute Gasteiger partial charge is 0.490 e. The van der Waals surface area contributed by atoms with E-state index >= 15 is 0 Å². The number of benzene rings is 2. The van der Waals surface area contributed by atoms with Crippen LogP contribution in [0.25, 0.3) is 11.0 Å². The summed E-state index contributed by atoms with van der Waals surface area (Å²) in [7, 11) is 0. The van der Waals surface area contributed by atoms with Crippen molar-refractivity contribution in [2.24, 2.45) is 0 Å². The molecule has 6 heteroatoms. The Morgan fingerprint density at radius 2 is 2.04 bits per heavy atom. The SMILES string of the molecule is CCOc1cc(CNCCc2nc3ccccc3[nH]2)cc(Br)c1OC(C)C. The van der Waals surface area contributed by atoms with E-state index in [4.69, 9.17) is 9.47 Å². The van der Waals surface area contributed by atoms with E-state index in [1.807, 2.05) is 51.1 Å². The van der Waals surface area contributed by atoms with Gasteiger partial charge in [0.1, 0.15) is 5.82 Å². The third-order valence-corrected chi connectivity index (χ3v) is 4.62. The Bertz CT molecular complexity index is 859. The fourth-order valence-corrected chi connectivity index (χ4v) is 3.48. The van der Waals surface area contributed by atoms with Gasteiger partial charge in [0.15, 0.2) is 11.5 Å². The predicted molar refractivity (Wildman–Crippen MR) is 113 cm³/mol. The van der Waals surface area contributed by atoms with Crippen molar-refractivity contribution in [1.29, 1.82) is 0 Å². The Labute approximate surface area is 168 Å². The molecule has 3 rings (SSSR count). The summed E-state index contributed by atoms with van der Waals surface area (Å²) in [6, 6.07) is 12.2. The zero-order valence-corrected chi connectivity index (χ0v) is 17.6. The number of nitrogens with zero attached hydrogens (tertiary/aromatic N) is 1. The molecule has 27 heavy (non-hydrogen) atoms. The second kappa shape index (κ2) is 9.24. The number of para-hydroxylation sites is 2. The normalized spacial score (nSPS) is 11.3. The molecule has 0 amide bonds. The first kappa shape index (κ1) is 19.7. The van der Waals surface area contributed by atoms with Gasteiger partial charge in [-0.05, 0) is 66.5 Å². The molecule has 2 aromatic carbocycles. The molecule has 0 saturated carbocycles. The standard InChI is InChI=1S/C21H26BrN3O2/c1-4-26-19-12-15(11-16(22)21(19)27-14(2)3)13-23-10-9-20-24-17-7-5-6-8-18(17)25-20/h5-8,11-12,14,23H,4,9-10,13H2,1-3H3,(H,24,25). The van der Waals surface area contributed by atoms with Gasteiger partial charge in [0.25, 0.3) is 0 Å². The molecule has 0 fully saturated rings. The van der Waals surface area contributed by atoms with E-state index in [9.17, 15) is 0 Å². The quantitative estimate of drug-likeness (QED) is 0.475. The van der Waals surface area contributed by atoms with E-state index < -0.39 is 0 Å². The number of hydrogen-bond donors (Lipinski definition) is 2. The number of aromatic nitrogens is 2. The third kappa shape index (κ3) is 5.23. The third-order valence-electron chi connectivity index (χ3n) is 4.03. The van der Waals surface area contributed by atoms with Gasteiger partial charge < -0.3 is 19.8 Å². The molecule has 1 heterocycles. The molecule has 144 valence electrons. The first-order valence-electron chi connectivity index (χ1n) is 9.33. The van der Waals surface area contributed by atoms with Crippen molar-refractivity contribution in [3.05, 3.63) is 52.3 Å². The molecule has 0 aliphatic heterocycles. The Hall–Kier alpha value is -2.05. The monoisotopic (exact) mass is 431 g/mol. The minimum absolute atomic E-state index is 0.0910. The van der Waals surface area contributed by atoms with Gasteiger partial charge in [-0.2, -0.15) is 0 Å². The molecule has 0 spiro atoms. The van der Waals surface area contributed by atoms with Crippen LogP contribution < -0.4 is 14.8 Å².